The van der Waals surface area contributed by atoms with E-state index in [0.29, 0.717) is 5.56 Å². The van der Waals surface area contributed by atoms with Gasteiger partial charge in [0.1, 0.15) is 0 Å². The van der Waals surface area contributed by atoms with Crippen LogP contribution in [0.1, 0.15) is 34.0 Å². The van der Waals surface area contributed by atoms with Gasteiger partial charge in [0, 0.05) is 0 Å². The molecule has 0 fully saturated rings. The van der Waals surface area contributed by atoms with Crippen LogP contribution < -0.4 is 0 Å². The van der Waals surface area contributed by atoms with Crippen LogP contribution in [0.25, 0.3) is 0 Å². The molecule has 0 aliphatic heterocycles. The summed E-state index contributed by atoms with van der Waals surface area (Å²) in [5.41, 5.74) is 3.84. The number of aromatic carboxylic acids is 1. The fourth-order valence-corrected chi connectivity index (χ4v) is 2.24. The first-order valence-corrected chi connectivity index (χ1v) is 6.59. The number of carbonyl (C=O) groups is 1. The average Bonchev–Trinajstić information content (AvgIpc) is 2.45. The van der Waals surface area contributed by atoms with Gasteiger partial charge in [0.15, 0.2) is 0 Å². The summed E-state index contributed by atoms with van der Waals surface area (Å²) in [5.74, 6) is -0.841. The molecule has 0 saturated heterocycles. The third kappa shape index (κ3) is 3.44. The van der Waals surface area contributed by atoms with Gasteiger partial charge in [-0.2, -0.15) is 0 Å². The van der Waals surface area contributed by atoms with Crippen molar-refractivity contribution in [3.63, 3.8) is 0 Å². The van der Waals surface area contributed by atoms with Gasteiger partial charge in [-0.1, -0.05) is 49.4 Å². The van der Waals surface area contributed by atoms with Crippen LogP contribution in [-0.2, 0) is 19.3 Å². The second-order valence-electron chi connectivity index (χ2n) is 4.64. The topological polar surface area (TPSA) is 37.3 Å². The third-order valence-corrected chi connectivity index (χ3v) is 3.33. The molecular weight excluding hydrogens is 236 g/mol. The van der Waals surface area contributed by atoms with E-state index in [1.54, 1.807) is 6.07 Å². The van der Waals surface area contributed by atoms with Crippen LogP contribution in [0.3, 0.4) is 0 Å². The van der Waals surface area contributed by atoms with Gasteiger partial charge >= 0.3 is 5.97 Å². The monoisotopic (exact) mass is 254 g/mol. The number of hydrogen-bond acceptors (Lipinski definition) is 1. The summed E-state index contributed by atoms with van der Waals surface area (Å²) >= 11 is 0. The number of benzene rings is 2. The number of carboxylic acids is 1. The molecule has 0 atom stereocenters. The van der Waals surface area contributed by atoms with Crippen molar-refractivity contribution in [1.82, 2.24) is 0 Å². The second kappa shape index (κ2) is 6.19. The van der Waals surface area contributed by atoms with Crippen molar-refractivity contribution in [2.24, 2.45) is 0 Å². The van der Waals surface area contributed by atoms with Crippen molar-refractivity contribution in [2.75, 3.05) is 0 Å². The molecule has 0 aromatic heterocycles. The van der Waals surface area contributed by atoms with Gasteiger partial charge in [-0.05, 0) is 42.0 Å². The fraction of sp³-hybridized carbons (Fsp3) is 0.235. The number of hydrogen-bond donors (Lipinski definition) is 1. The van der Waals surface area contributed by atoms with Gasteiger partial charge in [-0.25, -0.2) is 4.79 Å². The molecule has 19 heavy (non-hydrogen) atoms. The summed E-state index contributed by atoms with van der Waals surface area (Å²) in [4.78, 5) is 11.1. The summed E-state index contributed by atoms with van der Waals surface area (Å²) in [5, 5.41) is 9.10. The third-order valence-electron chi connectivity index (χ3n) is 3.33. The molecule has 0 bridgehead atoms. The maximum atomic E-state index is 11.1. The lowest BCUT2D eigenvalue weighted by Crippen LogP contribution is -2.03. The van der Waals surface area contributed by atoms with E-state index < -0.39 is 5.97 Å². The normalized spacial score (nSPS) is 10.4. The summed E-state index contributed by atoms with van der Waals surface area (Å²) in [7, 11) is 0. The lowest BCUT2D eigenvalue weighted by Gasteiger charge is -2.07. The smallest absolute Gasteiger partial charge is 0.335 e. The van der Waals surface area contributed by atoms with Gasteiger partial charge in [0.25, 0.3) is 0 Å². The molecule has 2 nitrogen and oxygen atoms in total. The van der Waals surface area contributed by atoms with Crippen molar-refractivity contribution in [3.05, 3.63) is 70.8 Å². The first-order chi connectivity index (χ1) is 9.20. The Labute approximate surface area is 113 Å². The predicted octanol–water partition coefficient (Wildman–Crippen LogP) is 3.73. The standard InChI is InChI=1S/C17H18O2/c1-2-15-12-14(10-11-16(15)17(18)19)9-8-13-6-4-3-5-7-13/h3-7,10-12H,2,8-9H2,1H3,(H,18,19). The summed E-state index contributed by atoms with van der Waals surface area (Å²) < 4.78 is 0. The average molecular weight is 254 g/mol. The molecule has 0 unspecified atom stereocenters. The van der Waals surface area contributed by atoms with E-state index in [2.05, 4.69) is 12.1 Å². The highest BCUT2D eigenvalue weighted by Crippen LogP contribution is 2.15. The first kappa shape index (κ1) is 13.3. The Morgan fingerprint density at radius 2 is 1.68 bits per heavy atom. The van der Waals surface area contributed by atoms with Crippen LogP contribution >= 0.6 is 0 Å². The zero-order chi connectivity index (χ0) is 13.7. The Morgan fingerprint density at radius 1 is 1.00 bits per heavy atom. The van der Waals surface area contributed by atoms with Crippen molar-refractivity contribution < 1.29 is 9.90 Å². The molecule has 2 heteroatoms. The zero-order valence-electron chi connectivity index (χ0n) is 11.1. The van der Waals surface area contributed by atoms with Gasteiger partial charge in [0.2, 0.25) is 0 Å². The molecule has 2 aromatic rings. The molecule has 0 heterocycles. The second-order valence-corrected chi connectivity index (χ2v) is 4.64. The lowest BCUT2D eigenvalue weighted by atomic mass is 9.98. The Balaban J connectivity index is 2.11. The molecule has 0 radical (unpaired) electrons. The molecule has 2 rings (SSSR count). The van der Waals surface area contributed by atoms with Gasteiger partial charge in [-0.3, -0.25) is 0 Å². The zero-order valence-corrected chi connectivity index (χ0v) is 11.1. The molecule has 0 amide bonds. The van der Waals surface area contributed by atoms with Crippen LogP contribution in [0.2, 0.25) is 0 Å². The molecule has 0 aliphatic rings. The SMILES string of the molecule is CCc1cc(CCc2ccccc2)ccc1C(=O)O. The molecular formula is C17H18O2. The highest BCUT2D eigenvalue weighted by molar-refractivity contribution is 5.89. The maximum absolute atomic E-state index is 11.1. The molecule has 98 valence electrons. The van der Waals surface area contributed by atoms with Crippen LogP contribution in [0, 0.1) is 0 Å². The molecule has 0 aliphatic carbocycles. The van der Waals surface area contributed by atoms with Crippen LogP contribution in [0.4, 0.5) is 0 Å². The molecule has 0 spiro atoms. The van der Waals surface area contributed by atoms with Crippen LogP contribution in [0.15, 0.2) is 48.5 Å². The lowest BCUT2D eigenvalue weighted by molar-refractivity contribution is 0.0695. The molecule has 2 aromatic carbocycles. The van der Waals surface area contributed by atoms with E-state index in [1.807, 2.05) is 37.3 Å². The van der Waals surface area contributed by atoms with E-state index in [4.69, 9.17) is 5.11 Å². The number of rotatable bonds is 5. The Bertz CT molecular complexity index is 559. The van der Waals surface area contributed by atoms with Gasteiger partial charge in [0.05, 0.1) is 5.56 Å². The quantitative estimate of drug-likeness (QED) is 0.882. The number of carboxylic acid groups (broad SMARTS) is 1. The summed E-state index contributed by atoms with van der Waals surface area (Å²) in [6.45, 7) is 1.99. The highest BCUT2D eigenvalue weighted by Gasteiger charge is 2.09. The van der Waals surface area contributed by atoms with Crippen molar-refractivity contribution in [1.29, 1.82) is 0 Å². The maximum Gasteiger partial charge on any atom is 0.335 e. The largest absolute Gasteiger partial charge is 0.478 e. The first-order valence-electron chi connectivity index (χ1n) is 6.59. The predicted molar refractivity (Wildman–Crippen MR) is 76.6 cm³/mol. The van der Waals surface area contributed by atoms with Crippen molar-refractivity contribution >= 4 is 5.97 Å². The summed E-state index contributed by atoms with van der Waals surface area (Å²) in [6, 6.07) is 16.0. The van der Waals surface area contributed by atoms with Crippen LogP contribution in [-0.4, -0.2) is 11.1 Å². The highest BCUT2D eigenvalue weighted by atomic mass is 16.4. The number of aryl methyl sites for hydroxylation is 3. The van der Waals surface area contributed by atoms with E-state index >= 15 is 0 Å². The van der Waals surface area contributed by atoms with Crippen LogP contribution in [0.5, 0.6) is 0 Å². The van der Waals surface area contributed by atoms with Crippen molar-refractivity contribution in [2.45, 2.75) is 26.2 Å². The van der Waals surface area contributed by atoms with Gasteiger partial charge in [-0.15, -0.1) is 0 Å². The molecule has 1 N–H and O–H groups in total. The minimum absolute atomic E-state index is 0.422. The van der Waals surface area contributed by atoms with Crippen molar-refractivity contribution in [3.8, 4) is 0 Å². The van der Waals surface area contributed by atoms with Gasteiger partial charge < -0.3 is 5.11 Å². The van der Waals surface area contributed by atoms with E-state index in [1.165, 1.54) is 11.1 Å². The Kier molecular flexibility index (Phi) is 4.35. The Hall–Kier alpha value is -2.09. The van der Waals surface area contributed by atoms with E-state index in [0.717, 1.165) is 24.8 Å². The molecule has 0 saturated carbocycles. The van der Waals surface area contributed by atoms with E-state index in [-0.39, 0.29) is 0 Å². The Morgan fingerprint density at radius 3 is 2.32 bits per heavy atom. The summed E-state index contributed by atoms with van der Waals surface area (Å²) in [6.07, 6.45) is 2.67. The fourth-order valence-electron chi connectivity index (χ4n) is 2.24. The van der Waals surface area contributed by atoms with E-state index in [9.17, 15) is 4.79 Å². The minimum atomic E-state index is -0.841. The minimum Gasteiger partial charge on any atom is -0.478 e.